The van der Waals surface area contributed by atoms with Gasteiger partial charge in [-0.25, -0.2) is 8.42 Å². The Labute approximate surface area is 135 Å². The summed E-state index contributed by atoms with van der Waals surface area (Å²) in [5.74, 6) is 0.0213. The van der Waals surface area contributed by atoms with Crippen LogP contribution in [0.1, 0.15) is 35.7 Å². The molecule has 1 saturated heterocycles. The van der Waals surface area contributed by atoms with Gasteiger partial charge in [-0.1, -0.05) is 0 Å². The highest BCUT2D eigenvalue weighted by molar-refractivity contribution is 7.91. The van der Waals surface area contributed by atoms with Crippen LogP contribution >= 0.6 is 0 Å². The summed E-state index contributed by atoms with van der Waals surface area (Å²) in [6.07, 6.45) is 0.592. The molecule has 0 unspecified atom stereocenters. The fraction of sp³-hybridized carbons (Fsp3) is 0.500. The summed E-state index contributed by atoms with van der Waals surface area (Å²) >= 11 is 0. The second-order valence-corrected chi connectivity index (χ2v) is 7.95. The van der Waals surface area contributed by atoms with Crippen LogP contribution in [0.3, 0.4) is 0 Å². The summed E-state index contributed by atoms with van der Waals surface area (Å²) < 4.78 is 33.2. The number of sulfone groups is 1. The van der Waals surface area contributed by atoms with Crippen molar-refractivity contribution in [2.75, 3.05) is 18.6 Å². The van der Waals surface area contributed by atoms with Crippen molar-refractivity contribution in [3.05, 3.63) is 29.3 Å². The molecule has 0 bridgehead atoms. The van der Waals surface area contributed by atoms with E-state index in [0.29, 0.717) is 23.3 Å². The summed E-state index contributed by atoms with van der Waals surface area (Å²) in [5, 5.41) is 0. The fourth-order valence-electron chi connectivity index (χ4n) is 2.60. The number of methoxy groups -OCH3 is 1. The molecule has 1 fully saturated rings. The van der Waals surface area contributed by atoms with Gasteiger partial charge in [-0.15, -0.1) is 0 Å². The molecule has 2 rings (SSSR count). The SMILES string of the molecule is COc1ccc(C(C)=O)cc1COC(=O)C[C@H]1CCS(=O)(=O)C1. The molecule has 23 heavy (non-hydrogen) atoms. The van der Waals surface area contributed by atoms with Crippen LogP contribution in [0, 0.1) is 5.92 Å². The van der Waals surface area contributed by atoms with Crippen molar-refractivity contribution in [3.8, 4) is 5.75 Å². The molecule has 1 aromatic carbocycles. The highest BCUT2D eigenvalue weighted by atomic mass is 32.2. The molecular formula is C16H20O6S. The standard InChI is InChI=1S/C16H20O6S/c1-11(17)13-3-4-15(21-2)14(8-13)9-22-16(18)7-12-5-6-23(19,20)10-12/h3-4,8,12H,5-7,9-10H2,1-2H3/t12-/m1/s1. The van der Waals surface area contributed by atoms with Crippen LogP contribution < -0.4 is 4.74 Å². The molecule has 0 N–H and O–H groups in total. The van der Waals surface area contributed by atoms with Crippen molar-refractivity contribution in [2.24, 2.45) is 5.92 Å². The van der Waals surface area contributed by atoms with Gasteiger partial charge in [0.1, 0.15) is 12.4 Å². The molecular weight excluding hydrogens is 320 g/mol. The second kappa shape index (κ2) is 7.12. The molecule has 0 spiro atoms. The zero-order chi connectivity index (χ0) is 17.0. The smallest absolute Gasteiger partial charge is 0.306 e. The van der Waals surface area contributed by atoms with Crippen molar-refractivity contribution in [2.45, 2.75) is 26.4 Å². The first-order chi connectivity index (χ1) is 10.8. The minimum atomic E-state index is -3.00. The quantitative estimate of drug-likeness (QED) is 0.579. The van der Waals surface area contributed by atoms with Gasteiger partial charge >= 0.3 is 5.97 Å². The highest BCUT2D eigenvalue weighted by Gasteiger charge is 2.29. The van der Waals surface area contributed by atoms with E-state index in [-0.39, 0.29) is 36.2 Å². The van der Waals surface area contributed by atoms with Crippen molar-refractivity contribution in [1.29, 1.82) is 0 Å². The van der Waals surface area contributed by atoms with Gasteiger partial charge < -0.3 is 9.47 Å². The number of carbonyl (C=O) groups is 2. The van der Waals surface area contributed by atoms with E-state index < -0.39 is 15.8 Å². The van der Waals surface area contributed by atoms with E-state index in [1.807, 2.05) is 0 Å². The summed E-state index contributed by atoms with van der Waals surface area (Å²) in [4.78, 5) is 23.3. The van der Waals surface area contributed by atoms with Gasteiger partial charge in [0.25, 0.3) is 0 Å². The van der Waals surface area contributed by atoms with Crippen LogP contribution in [0.25, 0.3) is 0 Å². The normalized spacial score (nSPS) is 19.3. The van der Waals surface area contributed by atoms with Crippen molar-refractivity contribution in [1.82, 2.24) is 0 Å². The van der Waals surface area contributed by atoms with Gasteiger partial charge in [0.2, 0.25) is 0 Å². The molecule has 1 aliphatic heterocycles. The Morgan fingerprint density at radius 3 is 2.61 bits per heavy atom. The highest BCUT2D eigenvalue weighted by Crippen LogP contribution is 2.24. The van der Waals surface area contributed by atoms with Gasteiger partial charge in [-0.3, -0.25) is 9.59 Å². The first-order valence-electron chi connectivity index (χ1n) is 7.34. The number of Topliss-reactive ketones (excluding diaryl/α,β-unsaturated/α-hetero) is 1. The summed E-state index contributed by atoms with van der Waals surface area (Å²) in [7, 11) is -1.50. The zero-order valence-electron chi connectivity index (χ0n) is 13.2. The molecule has 1 aliphatic rings. The van der Waals surface area contributed by atoms with Crippen molar-refractivity contribution >= 4 is 21.6 Å². The van der Waals surface area contributed by atoms with Crippen LogP contribution in [-0.2, 0) is 26.0 Å². The number of ether oxygens (including phenoxy) is 2. The predicted molar refractivity (Wildman–Crippen MR) is 84.2 cm³/mol. The maximum Gasteiger partial charge on any atom is 0.306 e. The van der Waals surface area contributed by atoms with E-state index >= 15 is 0 Å². The summed E-state index contributed by atoms with van der Waals surface area (Å²) in [5.41, 5.74) is 1.12. The molecule has 0 aromatic heterocycles. The molecule has 1 heterocycles. The van der Waals surface area contributed by atoms with Crippen LogP contribution in [0.5, 0.6) is 5.75 Å². The van der Waals surface area contributed by atoms with Gasteiger partial charge in [-0.2, -0.15) is 0 Å². The molecule has 1 atom stereocenters. The topological polar surface area (TPSA) is 86.7 Å². The third-order valence-electron chi connectivity index (χ3n) is 3.86. The molecule has 6 nitrogen and oxygen atoms in total. The monoisotopic (exact) mass is 340 g/mol. The molecule has 0 aliphatic carbocycles. The minimum Gasteiger partial charge on any atom is -0.496 e. The lowest BCUT2D eigenvalue weighted by molar-refractivity contribution is -0.145. The lowest BCUT2D eigenvalue weighted by Gasteiger charge is -2.12. The Morgan fingerprint density at radius 1 is 1.30 bits per heavy atom. The van der Waals surface area contributed by atoms with Crippen LogP contribution in [0.15, 0.2) is 18.2 Å². The number of hydrogen-bond donors (Lipinski definition) is 0. The molecule has 1 aromatic rings. The Kier molecular flexibility index (Phi) is 5.41. The Hall–Kier alpha value is -1.89. The second-order valence-electron chi connectivity index (χ2n) is 5.72. The Morgan fingerprint density at radius 2 is 2.04 bits per heavy atom. The Bertz CT molecular complexity index is 707. The minimum absolute atomic E-state index is 0.0113. The van der Waals surface area contributed by atoms with E-state index in [2.05, 4.69) is 0 Å². The van der Waals surface area contributed by atoms with Gasteiger partial charge in [0.05, 0.1) is 18.6 Å². The summed E-state index contributed by atoms with van der Waals surface area (Å²) in [6.45, 7) is 1.45. The van der Waals surface area contributed by atoms with Gasteiger partial charge in [-0.05, 0) is 37.5 Å². The lowest BCUT2D eigenvalue weighted by Crippen LogP contribution is -2.13. The van der Waals surface area contributed by atoms with E-state index in [0.717, 1.165) is 0 Å². The molecule has 0 amide bonds. The zero-order valence-corrected chi connectivity index (χ0v) is 14.0. The first-order valence-corrected chi connectivity index (χ1v) is 9.17. The van der Waals surface area contributed by atoms with Crippen LogP contribution in [-0.4, -0.2) is 38.8 Å². The third kappa shape index (κ3) is 4.79. The van der Waals surface area contributed by atoms with E-state index in [4.69, 9.17) is 9.47 Å². The fourth-order valence-corrected chi connectivity index (χ4v) is 4.46. The van der Waals surface area contributed by atoms with Gasteiger partial charge in [0, 0.05) is 17.5 Å². The molecule has 0 saturated carbocycles. The van der Waals surface area contributed by atoms with Crippen LogP contribution in [0.2, 0.25) is 0 Å². The predicted octanol–water partition coefficient (Wildman–Crippen LogP) is 1.77. The number of esters is 1. The molecule has 0 radical (unpaired) electrons. The third-order valence-corrected chi connectivity index (χ3v) is 5.69. The number of benzene rings is 1. The Balaban J connectivity index is 1.96. The molecule has 7 heteroatoms. The number of carbonyl (C=O) groups excluding carboxylic acids is 2. The average Bonchev–Trinajstić information content (AvgIpc) is 2.83. The number of ketones is 1. The lowest BCUT2D eigenvalue weighted by atomic mass is 10.1. The average molecular weight is 340 g/mol. The first kappa shape index (κ1) is 17.5. The maximum atomic E-state index is 11.9. The van der Waals surface area contributed by atoms with Crippen molar-refractivity contribution < 1.29 is 27.5 Å². The molecule has 126 valence electrons. The largest absolute Gasteiger partial charge is 0.496 e. The van der Waals surface area contributed by atoms with Crippen molar-refractivity contribution in [3.63, 3.8) is 0 Å². The van der Waals surface area contributed by atoms with Crippen LogP contribution in [0.4, 0.5) is 0 Å². The maximum absolute atomic E-state index is 11.9. The summed E-state index contributed by atoms with van der Waals surface area (Å²) in [6, 6.07) is 4.94. The van der Waals surface area contributed by atoms with E-state index in [1.54, 1.807) is 18.2 Å². The van der Waals surface area contributed by atoms with E-state index in [1.165, 1.54) is 14.0 Å². The van der Waals surface area contributed by atoms with Gasteiger partial charge in [0.15, 0.2) is 15.6 Å². The number of rotatable bonds is 6. The van der Waals surface area contributed by atoms with E-state index in [9.17, 15) is 18.0 Å². The number of hydrogen-bond acceptors (Lipinski definition) is 6.